The maximum atomic E-state index is 12.6. The first-order chi connectivity index (χ1) is 9.17. The number of amides is 1. The van der Waals surface area contributed by atoms with Crippen LogP contribution in [-0.2, 0) is 14.8 Å². The van der Waals surface area contributed by atoms with E-state index < -0.39 is 16.1 Å². The number of nitrogens with zero attached hydrogens (tertiary/aromatic N) is 1. The Hall–Kier alpha value is -0.620. The van der Waals surface area contributed by atoms with Gasteiger partial charge in [0.2, 0.25) is 10.0 Å². The maximum Gasteiger partial charge on any atom is 0.253 e. The second kappa shape index (κ2) is 3.97. The topological polar surface area (TPSA) is 66.5 Å². The molecule has 0 aromatic heterocycles. The molecule has 2 aliphatic carbocycles. The van der Waals surface area contributed by atoms with Gasteiger partial charge in [-0.25, -0.2) is 12.7 Å². The first-order valence-electron chi connectivity index (χ1n) is 7.40. The summed E-state index contributed by atoms with van der Waals surface area (Å²) in [4.78, 5) is 12.5. The van der Waals surface area contributed by atoms with Gasteiger partial charge < -0.3 is 5.32 Å². The van der Waals surface area contributed by atoms with Gasteiger partial charge in [0.1, 0.15) is 0 Å². The average molecular weight is 300 g/mol. The normalized spacial score (nSPS) is 41.7. The molecule has 1 amide bonds. The van der Waals surface area contributed by atoms with Crippen LogP contribution >= 0.6 is 0 Å². The highest BCUT2D eigenvalue weighted by Crippen LogP contribution is 2.69. The summed E-state index contributed by atoms with van der Waals surface area (Å²) in [5, 5.41) is 2.87. The number of likely N-dealkylation sites (N-methyl/N-ethyl adjacent to an activating group) is 1. The van der Waals surface area contributed by atoms with Crippen LogP contribution in [0.4, 0.5) is 0 Å². The van der Waals surface area contributed by atoms with E-state index in [-0.39, 0.29) is 28.5 Å². The van der Waals surface area contributed by atoms with Crippen molar-refractivity contribution < 1.29 is 13.2 Å². The molecule has 4 atom stereocenters. The van der Waals surface area contributed by atoms with Crippen LogP contribution in [0.3, 0.4) is 0 Å². The van der Waals surface area contributed by atoms with Crippen LogP contribution in [0.2, 0.25) is 0 Å². The van der Waals surface area contributed by atoms with Gasteiger partial charge in [-0.15, -0.1) is 0 Å². The van der Waals surface area contributed by atoms with Crippen molar-refractivity contribution in [3.63, 3.8) is 0 Å². The van der Waals surface area contributed by atoms with Gasteiger partial charge in [0.05, 0.1) is 17.8 Å². The zero-order valence-electron chi connectivity index (χ0n) is 12.6. The van der Waals surface area contributed by atoms with E-state index >= 15 is 0 Å². The third-order valence-corrected chi connectivity index (χ3v) is 8.35. The van der Waals surface area contributed by atoms with Gasteiger partial charge in [-0.2, -0.15) is 0 Å². The van der Waals surface area contributed by atoms with Gasteiger partial charge in [0.25, 0.3) is 5.91 Å². The van der Waals surface area contributed by atoms with Crippen LogP contribution in [-0.4, -0.2) is 43.5 Å². The van der Waals surface area contributed by atoms with Gasteiger partial charge in [-0.05, 0) is 44.6 Å². The summed E-state index contributed by atoms with van der Waals surface area (Å²) in [5.74, 6) is 0.400. The second-order valence-electron chi connectivity index (χ2n) is 7.27. The summed E-state index contributed by atoms with van der Waals surface area (Å²) in [7, 11) is -1.79. The molecule has 1 saturated heterocycles. The van der Waals surface area contributed by atoms with E-state index in [0.29, 0.717) is 5.92 Å². The van der Waals surface area contributed by atoms with Crippen molar-refractivity contribution in [1.29, 1.82) is 0 Å². The quantitative estimate of drug-likeness (QED) is 0.825. The maximum absolute atomic E-state index is 12.6. The predicted molar refractivity (Wildman–Crippen MR) is 76.5 cm³/mol. The standard InChI is InChI=1S/C14H24N2O3S/c1-9(15-4)12(17)16-11-7-10-5-6-14(11,13(10,2)3)8-20(16,18)19/h9-11,15H,5-8H2,1-4H3/t9-,10+,11+,14+/m0/s1. The Balaban J connectivity index is 2.05. The zero-order chi connectivity index (χ0) is 14.9. The Morgan fingerprint density at radius 1 is 1.40 bits per heavy atom. The van der Waals surface area contributed by atoms with E-state index in [2.05, 4.69) is 19.2 Å². The Labute approximate surface area is 121 Å². The van der Waals surface area contributed by atoms with Crippen molar-refractivity contribution in [2.24, 2.45) is 16.7 Å². The van der Waals surface area contributed by atoms with Gasteiger partial charge in [0, 0.05) is 5.41 Å². The number of carbonyl (C=O) groups excluding carboxylic acids is 1. The summed E-state index contributed by atoms with van der Waals surface area (Å²) in [5.41, 5.74) is -0.206. The minimum atomic E-state index is -3.47. The van der Waals surface area contributed by atoms with Crippen LogP contribution < -0.4 is 5.32 Å². The molecule has 0 radical (unpaired) electrons. The highest BCUT2D eigenvalue weighted by Gasteiger charge is 2.72. The molecule has 3 fully saturated rings. The molecule has 2 bridgehead atoms. The van der Waals surface area contributed by atoms with E-state index in [1.807, 2.05) is 0 Å². The predicted octanol–water partition coefficient (Wildman–Crippen LogP) is 0.961. The van der Waals surface area contributed by atoms with Crippen molar-refractivity contribution in [3.05, 3.63) is 0 Å². The number of sulfonamides is 1. The van der Waals surface area contributed by atoms with Gasteiger partial charge in [-0.3, -0.25) is 4.79 Å². The molecule has 0 aromatic rings. The smallest absolute Gasteiger partial charge is 0.253 e. The van der Waals surface area contributed by atoms with Crippen LogP contribution in [0.1, 0.15) is 40.0 Å². The summed E-state index contributed by atoms with van der Waals surface area (Å²) in [6.45, 7) is 6.10. The molecule has 2 saturated carbocycles. The first-order valence-corrected chi connectivity index (χ1v) is 9.01. The van der Waals surface area contributed by atoms with E-state index in [4.69, 9.17) is 0 Å². The molecule has 20 heavy (non-hydrogen) atoms. The Morgan fingerprint density at radius 2 is 2.05 bits per heavy atom. The van der Waals surface area contributed by atoms with E-state index in [9.17, 15) is 13.2 Å². The number of carbonyl (C=O) groups is 1. The van der Waals surface area contributed by atoms with Gasteiger partial charge >= 0.3 is 0 Å². The van der Waals surface area contributed by atoms with E-state index in [0.717, 1.165) is 19.3 Å². The molecule has 1 N–H and O–H groups in total. The van der Waals surface area contributed by atoms with Crippen molar-refractivity contribution in [2.75, 3.05) is 12.8 Å². The van der Waals surface area contributed by atoms with Crippen LogP contribution in [0.15, 0.2) is 0 Å². The summed E-state index contributed by atoms with van der Waals surface area (Å²) >= 11 is 0. The fourth-order valence-corrected chi connectivity index (χ4v) is 7.50. The molecule has 0 unspecified atom stereocenters. The molecule has 1 heterocycles. The van der Waals surface area contributed by atoms with Crippen molar-refractivity contribution in [1.82, 2.24) is 9.62 Å². The second-order valence-corrected chi connectivity index (χ2v) is 9.11. The molecule has 114 valence electrons. The van der Waals surface area contributed by atoms with Gasteiger partial charge in [0.15, 0.2) is 0 Å². The molecule has 0 aromatic carbocycles. The largest absolute Gasteiger partial charge is 0.309 e. The number of hydrogen-bond donors (Lipinski definition) is 1. The van der Waals surface area contributed by atoms with Crippen LogP contribution in [0.25, 0.3) is 0 Å². The van der Waals surface area contributed by atoms with Crippen molar-refractivity contribution in [2.45, 2.75) is 52.1 Å². The Bertz CT molecular complexity index is 557. The zero-order valence-corrected chi connectivity index (χ0v) is 13.5. The number of nitrogens with one attached hydrogen (secondary N) is 1. The summed E-state index contributed by atoms with van der Waals surface area (Å²) in [6, 6.07) is -0.577. The first kappa shape index (κ1) is 14.3. The highest BCUT2D eigenvalue weighted by atomic mass is 32.2. The van der Waals surface area contributed by atoms with Crippen molar-refractivity contribution in [3.8, 4) is 0 Å². The summed E-state index contributed by atoms with van der Waals surface area (Å²) in [6.07, 6.45) is 2.88. The minimum Gasteiger partial charge on any atom is -0.309 e. The van der Waals surface area contributed by atoms with Gasteiger partial charge in [-0.1, -0.05) is 13.8 Å². The lowest BCUT2D eigenvalue weighted by Gasteiger charge is -2.37. The minimum absolute atomic E-state index is 0.0165. The lowest BCUT2D eigenvalue weighted by atomic mass is 9.69. The Morgan fingerprint density at radius 3 is 2.60 bits per heavy atom. The molecule has 5 nitrogen and oxygen atoms in total. The fourth-order valence-electron chi connectivity index (χ4n) is 4.89. The Kier molecular flexibility index (Phi) is 2.85. The van der Waals surface area contributed by atoms with Crippen molar-refractivity contribution >= 4 is 15.9 Å². The lowest BCUT2D eigenvalue weighted by Crippen LogP contribution is -2.50. The highest BCUT2D eigenvalue weighted by molar-refractivity contribution is 7.90. The molecule has 1 spiro atoms. The molecule has 3 rings (SSSR count). The number of hydrogen-bond acceptors (Lipinski definition) is 4. The molecule has 3 aliphatic rings. The third kappa shape index (κ3) is 1.47. The fraction of sp³-hybridized carbons (Fsp3) is 0.929. The number of rotatable bonds is 2. The van der Waals surface area contributed by atoms with E-state index in [1.54, 1.807) is 14.0 Å². The SMILES string of the molecule is CN[C@@H](C)C(=O)N1[C@@H]2C[C@H]3CC[C@]2(CS1(=O)=O)C3(C)C. The summed E-state index contributed by atoms with van der Waals surface area (Å²) < 4.78 is 26.4. The third-order valence-electron chi connectivity index (χ3n) is 6.43. The molecular formula is C14H24N2O3S. The molecule has 1 aliphatic heterocycles. The number of fused-ring (bicyclic) bond motifs is 1. The van der Waals surface area contributed by atoms with Crippen LogP contribution in [0.5, 0.6) is 0 Å². The average Bonchev–Trinajstić information content (AvgIpc) is 2.83. The molecular weight excluding hydrogens is 276 g/mol. The van der Waals surface area contributed by atoms with Crippen LogP contribution in [0, 0.1) is 16.7 Å². The molecule has 6 heteroatoms. The lowest BCUT2D eigenvalue weighted by molar-refractivity contribution is -0.130. The monoisotopic (exact) mass is 300 g/mol. The van der Waals surface area contributed by atoms with E-state index in [1.165, 1.54) is 4.31 Å².